The molecule has 0 bridgehead atoms. The summed E-state index contributed by atoms with van der Waals surface area (Å²) in [6.45, 7) is 1.81. The minimum Gasteiger partial charge on any atom is -0.294 e. The van der Waals surface area contributed by atoms with E-state index in [1.807, 2.05) is 36.6 Å². The van der Waals surface area contributed by atoms with Gasteiger partial charge in [0, 0.05) is 17.9 Å². The second-order valence-electron chi connectivity index (χ2n) is 4.24. The monoisotopic (exact) mass is 258 g/mol. The fourth-order valence-corrected chi connectivity index (χ4v) is 2.55. The summed E-state index contributed by atoms with van der Waals surface area (Å²) >= 11 is 1.42. The zero-order valence-electron chi connectivity index (χ0n) is 10.1. The lowest BCUT2D eigenvalue weighted by Gasteiger charge is -2.08. The fraction of sp³-hybridized carbons (Fsp3) is 0.200. The molecule has 3 heteroatoms. The van der Waals surface area contributed by atoms with E-state index in [1.165, 1.54) is 11.3 Å². The molecule has 1 aromatic heterocycles. The SMILES string of the molecule is CC(CC(=O)c1ccccc1)C(=O)c1cccs1. The molecule has 0 saturated heterocycles. The number of thiophene rings is 1. The molecule has 18 heavy (non-hydrogen) atoms. The van der Waals surface area contributed by atoms with E-state index in [2.05, 4.69) is 0 Å². The first-order valence-corrected chi connectivity index (χ1v) is 6.72. The Labute approximate surface area is 110 Å². The highest BCUT2D eigenvalue weighted by atomic mass is 32.1. The van der Waals surface area contributed by atoms with Crippen molar-refractivity contribution in [2.75, 3.05) is 0 Å². The van der Waals surface area contributed by atoms with Crippen molar-refractivity contribution in [3.05, 3.63) is 58.3 Å². The topological polar surface area (TPSA) is 34.1 Å². The summed E-state index contributed by atoms with van der Waals surface area (Å²) in [5.74, 6) is -0.196. The van der Waals surface area contributed by atoms with Gasteiger partial charge in [-0.15, -0.1) is 11.3 Å². The second kappa shape index (κ2) is 5.74. The molecule has 92 valence electrons. The van der Waals surface area contributed by atoms with E-state index in [4.69, 9.17) is 0 Å². The first-order valence-electron chi connectivity index (χ1n) is 5.84. The molecule has 0 amide bonds. The van der Waals surface area contributed by atoms with Gasteiger partial charge in [0.05, 0.1) is 4.88 Å². The van der Waals surface area contributed by atoms with Crippen LogP contribution in [0.5, 0.6) is 0 Å². The summed E-state index contributed by atoms with van der Waals surface area (Å²) in [5.41, 5.74) is 0.670. The number of Topliss-reactive ketones (excluding diaryl/α,β-unsaturated/α-hetero) is 2. The van der Waals surface area contributed by atoms with Crippen LogP contribution in [0.3, 0.4) is 0 Å². The van der Waals surface area contributed by atoms with Crippen LogP contribution in [0.25, 0.3) is 0 Å². The lowest BCUT2D eigenvalue weighted by atomic mass is 9.95. The molecule has 0 aliphatic heterocycles. The summed E-state index contributed by atoms with van der Waals surface area (Å²) < 4.78 is 0. The quantitative estimate of drug-likeness (QED) is 0.764. The van der Waals surface area contributed by atoms with Crippen LogP contribution in [0.4, 0.5) is 0 Å². The molecular formula is C15H14O2S. The summed E-state index contributed by atoms with van der Waals surface area (Å²) in [4.78, 5) is 24.7. The van der Waals surface area contributed by atoms with Crippen molar-refractivity contribution in [2.45, 2.75) is 13.3 Å². The summed E-state index contributed by atoms with van der Waals surface area (Å²) in [6.07, 6.45) is 0.265. The van der Waals surface area contributed by atoms with Gasteiger partial charge in [-0.25, -0.2) is 0 Å². The molecule has 0 saturated carbocycles. The van der Waals surface area contributed by atoms with E-state index in [-0.39, 0.29) is 23.9 Å². The van der Waals surface area contributed by atoms with Crippen molar-refractivity contribution >= 4 is 22.9 Å². The molecular weight excluding hydrogens is 244 g/mol. The van der Waals surface area contributed by atoms with Gasteiger partial charge in [0.1, 0.15) is 0 Å². The summed E-state index contributed by atoms with van der Waals surface area (Å²) in [5, 5.41) is 1.87. The Kier molecular flexibility index (Phi) is 4.05. The molecule has 0 aliphatic rings. The molecule has 2 nitrogen and oxygen atoms in total. The normalized spacial score (nSPS) is 12.1. The molecule has 1 heterocycles. The molecule has 2 rings (SSSR count). The van der Waals surface area contributed by atoms with Gasteiger partial charge in [-0.05, 0) is 11.4 Å². The predicted octanol–water partition coefficient (Wildman–Crippen LogP) is 3.84. The third kappa shape index (κ3) is 2.93. The maximum absolute atomic E-state index is 12.0. The number of carbonyl (C=O) groups is 2. The van der Waals surface area contributed by atoms with Crippen LogP contribution in [-0.4, -0.2) is 11.6 Å². The van der Waals surface area contributed by atoms with E-state index in [9.17, 15) is 9.59 Å². The minimum atomic E-state index is -0.267. The van der Waals surface area contributed by atoms with Gasteiger partial charge in [-0.2, -0.15) is 0 Å². The Morgan fingerprint density at radius 3 is 2.44 bits per heavy atom. The Morgan fingerprint density at radius 2 is 1.83 bits per heavy atom. The fourth-order valence-electron chi connectivity index (χ4n) is 1.77. The predicted molar refractivity (Wildman–Crippen MR) is 73.2 cm³/mol. The standard InChI is InChI=1S/C15H14O2S/c1-11(15(17)14-8-5-9-18-14)10-13(16)12-6-3-2-4-7-12/h2-9,11H,10H2,1H3. The Balaban J connectivity index is 2.02. The zero-order chi connectivity index (χ0) is 13.0. The van der Waals surface area contributed by atoms with Crippen molar-refractivity contribution in [1.82, 2.24) is 0 Å². The van der Waals surface area contributed by atoms with Crippen LogP contribution in [-0.2, 0) is 0 Å². The average Bonchev–Trinajstić information content (AvgIpc) is 2.92. The van der Waals surface area contributed by atoms with Gasteiger partial charge in [-0.3, -0.25) is 9.59 Å². The van der Waals surface area contributed by atoms with Crippen LogP contribution in [0, 0.1) is 5.92 Å². The van der Waals surface area contributed by atoms with E-state index in [0.717, 1.165) is 4.88 Å². The van der Waals surface area contributed by atoms with Crippen LogP contribution in [0.1, 0.15) is 33.4 Å². The number of carbonyl (C=O) groups excluding carboxylic acids is 2. The van der Waals surface area contributed by atoms with E-state index >= 15 is 0 Å². The molecule has 0 aliphatic carbocycles. The zero-order valence-corrected chi connectivity index (χ0v) is 10.9. The Hall–Kier alpha value is -1.74. The first kappa shape index (κ1) is 12.7. The van der Waals surface area contributed by atoms with Gasteiger partial charge < -0.3 is 0 Å². The molecule has 0 fully saturated rings. The highest BCUT2D eigenvalue weighted by Crippen LogP contribution is 2.18. The number of hydrogen-bond donors (Lipinski definition) is 0. The van der Waals surface area contributed by atoms with Crippen molar-refractivity contribution < 1.29 is 9.59 Å². The van der Waals surface area contributed by atoms with Gasteiger partial charge >= 0.3 is 0 Å². The highest BCUT2D eigenvalue weighted by Gasteiger charge is 2.19. The molecule has 1 unspecified atom stereocenters. The maximum Gasteiger partial charge on any atom is 0.176 e. The van der Waals surface area contributed by atoms with Gasteiger partial charge in [-0.1, -0.05) is 43.3 Å². The van der Waals surface area contributed by atoms with Crippen LogP contribution < -0.4 is 0 Å². The Bertz CT molecular complexity index is 529. The maximum atomic E-state index is 12.0. The number of hydrogen-bond acceptors (Lipinski definition) is 3. The largest absolute Gasteiger partial charge is 0.294 e. The molecule has 0 spiro atoms. The Morgan fingerprint density at radius 1 is 1.11 bits per heavy atom. The van der Waals surface area contributed by atoms with Gasteiger partial charge in [0.25, 0.3) is 0 Å². The third-order valence-corrected chi connectivity index (χ3v) is 3.68. The van der Waals surface area contributed by atoms with Crippen molar-refractivity contribution in [1.29, 1.82) is 0 Å². The third-order valence-electron chi connectivity index (χ3n) is 2.80. The van der Waals surface area contributed by atoms with E-state index in [0.29, 0.717) is 5.56 Å². The van der Waals surface area contributed by atoms with Crippen LogP contribution >= 0.6 is 11.3 Å². The number of ketones is 2. The lowest BCUT2D eigenvalue weighted by Crippen LogP contribution is -2.15. The van der Waals surface area contributed by atoms with Gasteiger partial charge in [0.15, 0.2) is 11.6 Å². The molecule has 1 aromatic carbocycles. The molecule has 0 radical (unpaired) electrons. The minimum absolute atomic E-state index is 0.0213. The first-order chi connectivity index (χ1) is 8.68. The summed E-state index contributed by atoms with van der Waals surface area (Å²) in [7, 11) is 0. The highest BCUT2D eigenvalue weighted by molar-refractivity contribution is 7.12. The molecule has 0 N–H and O–H groups in total. The van der Waals surface area contributed by atoms with Crippen molar-refractivity contribution in [3.63, 3.8) is 0 Å². The molecule has 2 aromatic rings. The van der Waals surface area contributed by atoms with Crippen LogP contribution in [0.2, 0.25) is 0 Å². The smallest absolute Gasteiger partial charge is 0.176 e. The summed E-state index contributed by atoms with van der Waals surface area (Å²) in [6, 6.07) is 12.8. The van der Waals surface area contributed by atoms with E-state index < -0.39 is 0 Å². The van der Waals surface area contributed by atoms with E-state index in [1.54, 1.807) is 18.2 Å². The van der Waals surface area contributed by atoms with Crippen LogP contribution in [0.15, 0.2) is 47.8 Å². The van der Waals surface area contributed by atoms with Crippen molar-refractivity contribution in [3.8, 4) is 0 Å². The second-order valence-corrected chi connectivity index (χ2v) is 5.18. The number of benzene rings is 1. The lowest BCUT2D eigenvalue weighted by molar-refractivity contribution is 0.0866. The molecule has 1 atom stereocenters. The number of rotatable bonds is 5. The van der Waals surface area contributed by atoms with Crippen molar-refractivity contribution in [2.24, 2.45) is 5.92 Å². The van der Waals surface area contributed by atoms with Gasteiger partial charge in [0.2, 0.25) is 0 Å². The average molecular weight is 258 g/mol.